The Kier molecular flexibility index (Phi) is 10.00. The van der Waals surface area contributed by atoms with E-state index >= 15 is 0 Å². The lowest BCUT2D eigenvalue weighted by atomic mass is 10.0. The van der Waals surface area contributed by atoms with E-state index in [1.54, 1.807) is 17.1 Å². The fourth-order valence-electron chi connectivity index (χ4n) is 4.60. The quantitative estimate of drug-likeness (QED) is 0.196. The van der Waals surface area contributed by atoms with Crippen molar-refractivity contribution in [1.82, 2.24) is 25.0 Å². The summed E-state index contributed by atoms with van der Waals surface area (Å²) in [5.74, 6) is 0.128. The number of carbonyl (C=O) groups is 2. The van der Waals surface area contributed by atoms with Crippen molar-refractivity contribution in [1.29, 1.82) is 0 Å². The first-order valence-corrected chi connectivity index (χ1v) is 16.0. The molecule has 2 amide bonds. The fraction of sp³-hybridized carbons (Fsp3) is 0.310. The lowest BCUT2D eigenvalue weighted by Crippen LogP contribution is -2.44. The Labute approximate surface area is 257 Å². The number of thiazole rings is 1. The normalized spacial score (nSPS) is 14.2. The van der Waals surface area contributed by atoms with Crippen LogP contribution in [0, 0.1) is 0 Å². The van der Waals surface area contributed by atoms with Crippen LogP contribution in [0.4, 0.5) is 5.69 Å². The molecule has 214 valence electrons. The summed E-state index contributed by atoms with van der Waals surface area (Å²) in [4.78, 5) is 32.3. The third kappa shape index (κ3) is 8.11. The molecular formula is C29H30Cl2N6O2S2. The van der Waals surface area contributed by atoms with Gasteiger partial charge in [0.25, 0.3) is 5.91 Å². The maximum atomic E-state index is 12.6. The molecule has 0 radical (unpaired) electrons. The van der Waals surface area contributed by atoms with Gasteiger partial charge in [-0.15, -0.1) is 11.3 Å². The van der Waals surface area contributed by atoms with Crippen molar-refractivity contribution in [3.63, 3.8) is 0 Å². The molecule has 2 aromatic heterocycles. The van der Waals surface area contributed by atoms with E-state index in [9.17, 15) is 9.59 Å². The second-order valence-electron chi connectivity index (χ2n) is 9.77. The van der Waals surface area contributed by atoms with E-state index in [1.807, 2.05) is 54.8 Å². The van der Waals surface area contributed by atoms with Crippen molar-refractivity contribution in [2.45, 2.75) is 43.2 Å². The van der Waals surface area contributed by atoms with Gasteiger partial charge in [-0.3, -0.25) is 19.2 Å². The molecule has 3 heterocycles. The van der Waals surface area contributed by atoms with Crippen LogP contribution in [0.25, 0.3) is 11.3 Å². The SMILES string of the molecule is CCn1cc(C(=O)Nc2cccc(-c3csc(SCC(=O)NC4CCN(Cc5ccc(Cl)c(Cl)c5)CC4)n3)c2)cn1. The molecule has 41 heavy (non-hydrogen) atoms. The van der Waals surface area contributed by atoms with Crippen molar-refractivity contribution in [3.8, 4) is 11.3 Å². The molecule has 12 heteroatoms. The maximum Gasteiger partial charge on any atom is 0.258 e. The average Bonchev–Trinajstić information content (AvgIpc) is 3.65. The summed E-state index contributed by atoms with van der Waals surface area (Å²) in [6.45, 7) is 5.32. The minimum atomic E-state index is -0.209. The average molecular weight is 630 g/mol. The van der Waals surface area contributed by atoms with Crippen molar-refractivity contribution < 1.29 is 9.59 Å². The number of likely N-dealkylation sites (tertiary alicyclic amines) is 1. The molecule has 1 aliphatic rings. The number of hydrogen-bond acceptors (Lipinski definition) is 7. The van der Waals surface area contributed by atoms with Crippen LogP contribution < -0.4 is 10.6 Å². The summed E-state index contributed by atoms with van der Waals surface area (Å²) >= 11 is 15.1. The first-order valence-electron chi connectivity index (χ1n) is 13.3. The monoisotopic (exact) mass is 628 g/mol. The zero-order valence-electron chi connectivity index (χ0n) is 22.5. The molecule has 1 fully saturated rings. The number of nitrogens with one attached hydrogen (secondary N) is 2. The predicted molar refractivity (Wildman–Crippen MR) is 167 cm³/mol. The Bertz CT molecular complexity index is 1520. The summed E-state index contributed by atoms with van der Waals surface area (Å²) in [6.07, 6.45) is 5.10. The Hall–Kier alpha value is -2.89. The van der Waals surface area contributed by atoms with Crippen LogP contribution in [-0.4, -0.2) is 56.4 Å². The van der Waals surface area contributed by atoms with E-state index in [1.165, 1.54) is 23.1 Å². The van der Waals surface area contributed by atoms with Crippen LogP contribution in [0.5, 0.6) is 0 Å². The number of benzene rings is 2. The van der Waals surface area contributed by atoms with E-state index in [0.29, 0.717) is 33.6 Å². The van der Waals surface area contributed by atoms with Gasteiger partial charge in [0.15, 0.2) is 4.34 Å². The number of rotatable bonds is 10. The van der Waals surface area contributed by atoms with Crippen molar-refractivity contribution >= 4 is 63.8 Å². The molecule has 0 aliphatic carbocycles. The Morgan fingerprint density at radius 3 is 2.71 bits per heavy atom. The van der Waals surface area contributed by atoms with E-state index < -0.39 is 0 Å². The zero-order chi connectivity index (χ0) is 28.8. The number of hydrogen-bond donors (Lipinski definition) is 2. The molecule has 8 nitrogen and oxygen atoms in total. The van der Waals surface area contributed by atoms with Gasteiger partial charge in [0.05, 0.1) is 33.3 Å². The third-order valence-corrected chi connectivity index (χ3v) is 9.55. The summed E-state index contributed by atoms with van der Waals surface area (Å²) < 4.78 is 2.54. The molecule has 1 aliphatic heterocycles. The van der Waals surface area contributed by atoms with Gasteiger partial charge in [-0.05, 0) is 49.6 Å². The van der Waals surface area contributed by atoms with E-state index in [2.05, 4.69) is 20.6 Å². The minimum absolute atomic E-state index is 0.0192. The molecule has 5 rings (SSSR count). The molecule has 1 saturated heterocycles. The summed E-state index contributed by atoms with van der Waals surface area (Å²) in [5, 5.41) is 13.4. The molecule has 2 aromatic carbocycles. The summed E-state index contributed by atoms with van der Waals surface area (Å²) in [7, 11) is 0. The molecule has 0 saturated carbocycles. The van der Waals surface area contributed by atoms with E-state index in [-0.39, 0.29) is 17.9 Å². The number of amides is 2. The third-order valence-electron chi connectivity index (χ3n) is 6.79. The largest absolute Gasteiger partial charge is 0.353 e. The number of anilines is 1. The number of aryl methyl sites for hydroxylation is 1. The van der Waals surface area contributed by atoms with Crippen molar-refractivity contribution in [2.24, 2.45) is 0 Å². The number of piperidine rings is 1. The maximum absolute atomic E-state index is 12.6. The summed E-state index contributed by atoms with van der Waals surface area (Å²) in [6, 6.07) is 13.5. The first kappa shape index (κ1) is 29.6. The zero-order valence-corrected chi connectivity index (χ0v) is 25.6. The lowest BCUT2D eigenvalue weighted by molar-refractivity contribution is -0.119. The van der Waals surface area contributed by atoms with Crippen molar-refractivity contribution in [2.75, 3.05) is 24.2 Å². The predicted octanol–water partition coefficient (Wildman–Crippen LogP) is 6.46. The Balaban J connectivity index is 1.07. The molecule has 0 bridgehead atoms. The number of aromatic nitrogens is 3. The highest BCUT2D eigenvalue weighted by atomic mass is 35.5. The van der Waals surface area contributed by atoms with Crippen LogP contribution in [0.1, 0.15) is 35.7 Å². The van der Waals surface area contributed by atoms with Crippen LogP contribution in [-0.2, 0) is 17.9 Å². The van der Waals surface area contributed by atoms with Gasteiger partial charge in [-0.2, -0.15) is 5.10 Å². The van der Waals surface area contributed by atoms with Crippen LogP contribution >= 0.6 is 46.3 Å². The van der Waals surface area contributed by atoms with E-state index in [4.69, 9.17) is 28.2 Å². The Morgan fingerprint density at radius 1 is 1.12 bits per heavy atom. The van der Waals surface area contributed by atoms with Gasteiger partial charge in [-0.25, -0.2) is 4.98 Å². The smallest absolute Gasteiger partial charge is 0.258 e. The van der Waals surface area contributed by atoms with E-state index in [0.717, 1.165) is 53.6 Å². The van der Waals surface area contributed by atoms with Gasteiger partial charge >= 0.3 is 0 Å². The topological polar surface area (TPSA) is 92.2 Å². The molecule has 0 unspecified atom stereocenters. The number of halogens is 2. The lowest BCUT2D eigenvalue weighted by Gasteiger charge is -2.32. The molecule has 0 atom stereocenters. The second-order valence-corrected chi connectivity index (χ2v) is 12.7. The van der Waals surface area contributed by atoms with Crippen LogP contribution in [0.3, 0.4) is 0 Å². The van der Waals surface area contributed by atoms with Crippen LogP contribution in [0.2, 0.25) is 10.0 Å². The van der Waals surface area contributed by atoms with Gasteiger partial charge in [0.1, 0.15) is 0 Å². The Morgan fingerprint density at radius 2 is 1.95 bits per heavy atom. The molecule has 2 N–H and O–H groups in total. The standard InChI is InChI=1S/C29H30Cl2N6O2S2/c1-2-37-16-21(14-32-37)28(39)34-23-5-3-4-20(13-23)26-17-40-29(35-26)41-18-27(38)33-22-8-10-36(11-9-22)15-19-6-7-24(30)25(31)12-19/h3-7,12-14,16-17,22H,2,8-11,15,18H2,1H3,(H,33,38)(H,34,39). The van der Waals surface area contributed by atoms with Gasteiger partial charge in [0, 0.05) is 55.0 Å². The minimum Gasteiger partial charge on any atom is -0.353 e. The van der Waals surface area contributed by atoms with Crippen molar-refractivity contribution in [3.05, 3.63) is 81.4 Å². The highest BCUT2D eigenvalue weighted by molar-refractivity contribution is 8.01. The molecule has 0 spiro atoms. The number of nitrogens with zero attached hydrogens (tertiary/aromatic N) is 4. The van der Waals surface area contributed by atoms with Crippen LogP contribution in [0.15, 0.2) is 64.6 Å². The van der Waals surface area contributed by atoms with Gasteiger partial charge in [0.2, 0.25) is 5.91 Å². The number of carbonyl (C=O) groups excluding carboxylic acids is 2. The van der Waals surface area contributed by atoms with Gasteiger partial charge < -0.3 is 10.6 Å². The fourth-order valence-corrected chi connectivity index (χ4v) is 6.56. The highest BCUT2D eigenvalue weighted by Crippen LogP contribution is 2.30. The number of thioether (sulfide) groups is 1. The highest BCUT2D eigenvalue weighted by Gasteiger charge is 2.21. The molecule has 4 aromatic rings. The summed E-state index contributed by atoms with van der Waals surface area (Å²) in [5.41, 5.74) is 4.03. The molecular weight excluding hydrogens is 599 g/mol. The first-order chi connectivity index (χ1) is 19.9. The van der Waals surface area contributed by atoms with Gasteiger partial charge in [-0.1, -0.05) is 53.2 Å². The second kappa shape index (κ2) is 13.8.